The van der Waals surface area contributed by atoms with E-state index in [4.69, 9.17) is 4.74 Å². The van der Waals surface area contributed by atoms with Crippen LogP contribution in [-0.4, -0.2) is 59.0 Å². The molecular formula is C21H26FN3O5S. The molecule has 0 aliphatic rings. The highest BCUT2D eigenvalue weighted by Gasteiger charge is 2.17. The molecule has 0 aromatic heterocycles. The zero-order chi connectivity index (χ0) is 23.0. The van der Waals surface area contributed by atoms with Gasteiger partial charge < -0.3 is 15.0 Å². The third-order valence-electron chi connectivity index (χ3n) is 4.40. The number of aryl methyl sites for hydroxylation is 1. The van der Waals surface area contributed by atoms with Gasteiger partial charge in [0.15, 0.2) is 0 Å². The van der Waals surface area contributed by atoms with Gasteiger partial charge in [-0.05, 0) is 61.4 Å². The number of benzene rings is 2. The number of halogens is 1. The van der Waals surface area contributed by atoms with E-state index in [0.717, 1.165) is 6.07 Å². The molecule has 0 spiro atoms. The van der Waals surface area contributed by atoms with Gasteiger partial charge in [-0.1, -0.05) is 0 Å². The van der Waals surface area contributed by atoms with Crippen molar-refractivity contribution in [2.45, 2.75) is 18.2 Å². The zero-order valence-electron chi connectivity index (χ0n) is 17.6. The smallest absolute Gasteiger partial charge is 0.261 e. The Morgan fingerprint density at radius 1 is 1.13 bits per heavy atom. The average Bonchev–Trinajstić information content (AvgIpc) is 2.73. The van der Waals surface area contributed by atoms with E-state index in [-0.39, 0.29) is 34.5 Å². The molecule has 2 aromatic carbocycles. The first-order valence-corrected chi connectivity index (χ1v) is 11.0. The molecular weight excluding hydrogens is 425 g/mol. The van der Waals surface area contributed by atoms with Crippen LogP contribution in [0.4, 0.5) is 10.1 Å². The highest BCUT2D eigenvalue weighted by molar-refractivity contribution is 7.92. The molecule has 0 saturated carbocycles. The molecule has 8 nitrogen and oxygen atoms in total. The Kier molecular flexibility index (Phi) is 8.52. The Morgan fingerprint density at radius 2 is 1.81 bits per heavy atom. The fourth-order valence-electron chi connectivity index (χ4n) is 2.69. The summed E-state index contributed by atoms with van der Waals surface area (Å²) < 4.78 is 45.6. The normalized spacial score (nSPS) is 11.1. The van der Waals surface area contributed by atoms with E-state index in [1.807, 2.05) is 0 Å². The Morgan fingerprint density at radius 3 is 2.42 bits per heavy atom. The first-order chi connectivity index (χ1) is 14.6. The Hall–Kier alpha value is -2.98. The van der Waals surface area contributed by atoms with E-state index < -0.39 is 15.8 Å². The van der Waals surface area contributed by atoms with Crippen molar-refractivity contribution in [3.63, 3.8) is 0 Å². The molecule has 2 amide bonds. The van der Waals surface area contributed by atoms with E-state index in [1.54, 1.807) is 7.11 Å². The molecule has 31 heavy (non-hydrogen) atoms. The fraction of sp³-hybridized carbons (Fsp3) is 0.333. The third-order valence-corrected chi connectivity index (χ3v) is 5.78. The fourth-order valence-corrected chi connectivity index (χ4v) is 3.83. The number of anilines is 1. The predicted octanol–water partition coefficient (Wildman–Crippen LogP) is 2.16. The number of sulfonamides is 1. The lowest BCUT2D eigenvalue weighted by Crippen LogP contribution is -2.38. The van der Waals surface area contributed by atoms with Crippen molar-refractivity contribution in [1.82, 2.24) is 10.2 Å². The number of nitrogens with zero attached hydrogens (tertiary/aromatic N) is 1. The van der Waals surface area contributed by atoms with E-state index in [2.05, 4.69) is 10.0 Å². The number of nitrogens with one attached hydrogen (secondary N) is 2. The van der Waals surface area contributed by atoms with Gasteiger partial charge in [-0.2, -0.15) is 0 Å². The van der Waals surface area contributed by atoms with Gasteiger partial charge >= 0.3 is 0 Å². The van der Waals surface area contributed by atoms with E-state index >= 15 is 0 Å². The molecule has 0 aliphatic heterocycles. The molecule has 0 saturated heterocycles. The molecule has 2 aromatic rings. The maximum Gasteiger partial charge on any atom is 0.261 e. The van der Waals surface area contributed by atoms with Gasteiger partial charge in [0.25, 0.3) is 15.9 Å². The minimum absolute atomic E-state index is 0.0669. The van der Waals surface area contributed by atoms with Crippen LogP contribution in [0.25, 0.3) is 0 Å². The number of likely N-dealkylation sites (N-methyl/N-ethyl adjacent to an activating group) is 1. The molecule has 0 atom stereocenters. The van der Waals surface area contributed by atoms with Crippen LogP contribution in [0.3, 0.4) is 0 Å². The van der Waals surface area contributed by atoms with Crippen LogP contribution in [-0.2, 0) is 19.6 Å². The van der Waals surface area contributed by atoms with Gasteiger partial charge in [0.05, 0.1) is 11.4 Å². The summed E-state index contributed by atoms with van der Waals surface area (Å²) in [6.45, 7) is 2.36. The molecule has 0 radical (unpaired) electrons. The second-order valence-electron chi connectivity index (χ2n) is 6.95. The zero-order valence-corrected chi connectivity index (χ0v) is 18.5. The molecule has 0 unspecified atom stereocenters. The van der Waals surface area contributed by atoms with E-state index in [0.29, 0.717) is 25.1 Å². The maximum atomic E-state index is 13.4. The molecule has 10 heteroatoms. The van der Waals surface area contributed by atoms with Crippen molar-refractivity contribution in [3.05, 3.63) is 59.4 Å². The number of hydrogen-bond acceptors (Lipinski definition) is 5. The number of methoxy groups -OCH3 is 1. The topological polar surface area (TPSA) is 105 Å². The minimum Gasteiger partial charge on any atom is -0.385 e. The quantitative estimate of drug-likeness (QED) is 0.539. The van der Waals surface area contributed by atoms with Gasteiger partial charge in [-0.3, -0.25) is 14.3 Å². The predicted molar refractivity (Wildman–Crippen MR) is 115 cm³/mol. The largest absolute Gasteiger partial charge is 0.385 e. The molecule has 2 rings (SSSR count). The van der Waals surface area contributed by atoms with Crippen molar-refractivity contribution >= 4 is 27.5 Å². The summed E-state index contributed by atoms with van der Waals surface area (Å²) in [5, 5.41) is 2.70. The van der Waals surface area contributed by atoms with Crippen LogP contribution in [0.1, 0.15) is 22.3 Å². The van der Waals surface area contributed by atoms with Gasteiger partial charge in [0.1, 0.15) is 5.82 Å². The lowest BCUT2D eigenvalue weighted by molar-refractivity contribution is -0.121. The second kappa shape index (κ2) is 10.9. The highest BCUT2D eigenvalue weighted by Crippen LogP contribution is 2.19. The Balaban J connectivity index is 1.98. The first-order valence-electron chi connectivity index (χ1n) is 9.54. The van der Waals surface area contributed by atoms with E-state index in [1.165, 1.54) is 55.3 Å². The molecule has 0 heterocycles. The minimum atomic E-state index is -3.90. The van der Waals surface area contributed by atoms with Crippen LogP contribution < -0.4 is 10.0 Å². The number of ether oxygens (including phenoxy) is 1. The average molecular weight is 452 g/mol. The van der Waals surface area contributed by atoms with Crippen molar-refractivity contribution in [2.75, 3.05) is 38.6 Å². The maximum absolute atomic E-state index is 13.4. The number of hydrogen-bond donors (Lipinski definition) is 2. The molecule has 0 bridgehead atoms. The number of rotatable bonds is 10. The van der Waals surface area contributed by atoms with E-state index in [9.17, 15) is 22.4 Å². The van der Waals surface area contributed by atoms with Crippen LogP contribution in [0.15, 0.2) is 47.4 Å². The van der Waals surface area contributed by atoms with Crippen LogP contribution in [0.5, 0.6) is 0 Å². The lowest BCUT2D eigenvalue weighted by atomic mass is 10.2. The van der Waals surface area contributed by atoms with Gasteiger partial charge in [-0.25, -0.2) is 12.8 Å². The van der Waals surface area contributed by atoms with Gasteiger partial charge in [0.2, 0.25) is 5.91 Å². The molecule has 168 valence electrons. The van der Waals surface area contributed by atoms with Crippen LogP contribution >= 0.6 is 0 Å². The van der Waals surface area contributed by atoms with Gasteiger partial charge in [-0.15, -0.1) is 0 Å². The first kappa shape index (κ1) is 24.3. The summed E-state index contributed by atoms with van der Waals surface area (Å²) in [6, 6.07) is 9.32. The highest BCUT2D eigenvalue weighted by atomic mass is 32.2. The molecule has 0 aliphatic carbocycles. The monoisotopic (exact) mass is 451 g/mol. The van der Waals surface area contributed by atoms with Crippen molar-refractivity contribution in [2.24, 2.45) is 0 Å². The van der Waals surface area contributed by atoms with Crippen LogP contribution in [0.2, 0.25) is 0 Å². The van der Waals surface area contributed by atoms with Crippen molar-refractivity contribution in [1.29, 1.82) is 0 Å². The standard InChI is InChI=1S/C21H26FN3O5S/c1-15-13-18(9-10-19(15)22)31(28,29)24-17-7-5-16(6-8-17)21(27)25(2)14-20(26)23-11-4-12-30-3/h5-10,13,24H,4,11-12,14H2,1-3H3,(H,23,26). The number of carbonyl (C=O) groups excluding carboxylic acids is 2. The van der Waals surface area contributed by atoms with Gasteiger partial charge in [0, 0.05) is 38.6 Å². The molecule has 0 fully saturated rings. The van der Waals surface area contributed by atoms with Crippen molar-refractivity contribution < 1.29 is 27.1 Å². The summed E-state index contributed by atoms with van der Waals surface area (Å²) in [6.07, 6.45) is 0.675. The summed E-state index contributed by atoms with van der Waals surface area (Å²) in [5.74, 6) is -1.16. The summed E-state index contributed by atoms with van der Waals surface area (Å²) in [4.78, 5) is 25.6. The number of carbonyl (C=O) groups is 2. The van der Waals surface area contributed by atoms with Crippen LogP contribution in [0, 0.1) is 12.7 Å². The molecule has 2 N–H and O–H groups in total. The summed E-state index contributed by atoms with van der Waals surface area (Å²) in [5.41, 5.74) is 0.766. The SMILES string of the molecule is COCCCNC(=O)CN(C)C(=O)c1ccc(NS(=O)(=O)c2ccc(F)c(C)c2)cc1. The Labute approximate surface area is 181 Å². The second-order valence-corrected chi connectivity index (χ2v) is 8.63. The van der Waals surface area contributed by atoms with Crippen molar-refractivity contribution in [3.8, 4) is 0 Å². The number of amides is 2. The lowest BCUT2D eigenvalue weighted by Gasteiger charge is -2.17. The Bertz CT molecular complexity index is 1030. The summed E-state index contributed by atoms with van der Waals surface area (Å²) in [7, 11) is -0.823. The summed E-state index contributed by atoms with van der Waals surface area (Å²) >= 11 is 0. The third kappa shape index (κ3) is 7.04.